The van der Waals surface area contributed by atoms with Crippen LogP contribution in [0.1, 0.15) is 136 Å². The van der Waals surface area contributed by atoms with Crippen LogP contribution in [0, 0.1) is 0 Å². The molecule has 4 aliphatic carbocycles. The number of anilines is 2. The number of nitrogens with zero attached hydrogens (tertiary/aromatic N) is 1. The van der Waals surface area contributed by atoms with E-state index < -0.39 is 5.41 Å². The van der Waals surface area contributed by atoms with Crippen LogP contribution in [0.4, 0.5) is 11.4 Å². The molecule has 10 aromatic carbocycles. The molecule has 0 bridgehead atoms. The van der Waals surface area contributed by atoms with Crippen molar-refractivity contribution in [3.05, 3.63) is 286 Å². The topological polar surface area (TPSA) is 3.24 Å². The molecule has 0 N–H and O–H groups in total. The van der Waals surface area contributed by atoms with Gasteiger partial charge < -0.3 is 4.90 Å². The van der Waals surface area contributed by atoms with Crippen molar-refractivity contribution in [2.75, 3.05) is 4.90 Å². The maximum atomic E-state index is 2.67. The molecule has 0 saturated heterocycles. The molecular formula is C78H69N. The van der Waals surface area contributed by atoms with Gasteiger partial charge >= 0.3 is 0 Å². The summed E-state index contributed by atoms with van der Waals surface area (Å²) < 4.78 is 0. The van der Waals surface area contributed by atoms with Crippen LogP contribution in [0.2, 0.25) is 0 Å². The highest BCUT2D eigenvalue weighted by atomic mass is 15.2. The lowest BCUT2D eigenvalue weighted by Gasteiger charge is -2.35. The van der Waals surface area contributed by atoms with Gasteiger partial charge in [0.15, 0.2) is 0 Å². The summed E-state index contributed by atoms with van der Waals surface area (Å²) in [6, 6.07) is 81.8. The molecule has 1 heteroatoms. The van der Waals surface area contributed by atoms with Gasteiger partial charge in [0.2, 0.25) is 0 Å². The molecule has 0 aromatic heterocycles. The molecule has 0 amide bonds. The summed E-state index contributed by atoms with van der Waals surface area (Å²) in [6.07, 6.45) is 14.4. The Hall–Kier alpha value is -8.26. The maximum Gasteiger partial charge on any atom is 0.0726 e. The van der Waals surface area contributed by atoms with Gasteiger partial charge in [0.1, 0.15) is 0 Å². The average Bonchev–Trinajstić information content (AvgIpc) is 2.96. The van der Waals surface area contributed by atoms with E-state index in [9.17, 15) is 0 Å². The van der Waals surface area contributed by atoms with Crippen molar-refractivity contribution in [3.63, 3.8) is 0 Å². The van der Waals surface area contributed by atoms with Gasteiger partial charge in [-0.2, -0.15) is 0 Å². The largest absolute Gasteiger partial charge is 0.313 e. The van der Waals surface area contributed by atoms with E-state index in [1.54, 1.807) is 0 Å². The predicted octanol–water partition coefficient (Wildman–Crippen LogP) is 21.2. The molecule has 1 saturated carbocycles. The predicted molar refractivity (Wildman–Crippen MR) is 337 cm³/mol. The lowest BCUT2D eigenvalue weighted by molar-refractivity contribution is 0.445. The zero-order valence-corrected chi connectivity index (χ0v) is 46.7. The molecule has 386 valence electrons. The Labute approximate surface area is 468 Å². The molecule has 1 fully saturated rings. The van der Waals surface area contributed by atoms with Crippen molar-refractivity contribution in [3.8, 4) is 33.4 Å². The zero-order valence-electron chi connectivity index (χ0n) is 46.7. The number of hydrogen-bond donors (Lipinski definition) is 0. The molecule has 79 heavy (non-hydrogen) atoms. The molecule has 0 atom stereocenters. The fraction of sp³-hybridized carbons (Fsp3) is 0.205. The molecule has 0 heterocycles. The first-order valence-electron chi connectivity index (χ1n) is 29.1. The first-order chi connectivity index (χ1) is 38.4. The minimum Gasteiger partial charge on any atom is -0.313 e. The van der Waals surface area contributed by atoms with Crippen LogP contribution in [0.5, 0.6) is 0 Å². The Morgan fingerprint density at radius 1 is 0.430 bits per heavy atom. The number of fused-ring (bicyclic) bond motifs is 12. The molecule has 0 radical (unpaired) electrons. The highest BCUT2D eigenvalue weighted by molar-refractivity contribution is 6.04. The lowest BCUT2D eigenvalue weighted by Crippen LogP contribution is -2.28. The van der Waals surface area contributed by atoms with Crippen molar-refractivity contribution in [1.29, 1.82) is 0 Å². The fourth-order valence-electron chi connectivity index (χ4n) is 14.3. The lowest BCUT2D eigenvalue weighted by atomic mass is 9.68. The second kappa shape index (κ2) is 19.0. The zero-order chi connectivity index (χ0) is 53.6. The molecule has 14 rings (SSSR count). The van der Waals surface area contributed by atoms with Gasteiger partial charge in [0.25, 0.3) is 0 Å². The summed E-state index contributed by atoms with van der Waals surface area (Å²) >= 11 is 0. The third-order valence-corrected chi connectivity index (χ3v) is 18.3. The summed E-state index contributed by atoms with van der Waals surface area (Å²) in [7, 11) is 0. The summed E-state index contributed by atoms with van der Waals surface area (Å²) in [5.41, 5.74) is 25.3. The number of allylic oxidation sites excluding steroid dienone is 5. The first-order valence-corrected chi connectivity index (χ1v) is 29.1. The van der Waals surface area contributed by atoms with E-state index in [2.05, 4.69) is 277 Å². The Morgan fingerprint density at radius 2 is 0.987 bits per heavy atom. The normalized spacial score (nSPS) is 15.7. The minimum absolute atomic E-state index is 0.0470. The quantitative estimate of drug-likeness (QED) is 0.154. The second-order valence-electron chi connectivity index (χ2n) is 25.0. The SMILES string of the molecule is CC(C)(C)c1ccc2c(c1)C1(c3ccccc3-c3ccc(N(C4=CC(c5cccc6ccccc56)=CC=C(c5ccccc5)C4)c4ccccc4-c4cccc5cccc(C6CCCCC6)c45)cc31)c1cc(C(C)(C)C)ccc1-2. The molecule has 0 aliphatic heterocycles. The number of hydrogen-bond acceptors (Lipinski definition) is 1. The summed E-state index contributed by atoms with van der Waals surface area (Å²) in [6.45, 7) is 14.2. The minimum atomic E-state index is -0.564. The van der Waals surface area contributed by atoms with Crippen LogP contribution in [0.3, 0.4) is 0 Å². The van der Waals surface area contributed by atoms with E-state index in [0.29, 0.717) is 12.3 Å². The van der Waals surface area contributed by atoms with E-state index in [1.165, 1.54) is 160 Å². The summed E-state index contributed by atoms with van der Waals surface area (Å²) in [5.74, 6) is 0.544. The summed E-state index contributed by atoms with van der Waals surface area (Å²) in [4.78, 5) is 2.67. The van der Waals surface area contributed by atoms with Crippen molar-refractivity contribution >= 4 is 44.1 Å². The van der Waals surface area contributed by atoms with Gasteiger partial charge in [-0.3, -0.25) is 0 Å². The van der Waals surface area contributed by atoms with Crippen LogP contribution < -0.4 is 4.90 Å². The van der Waals surface area contributed by atoms with E-state index in [-0.39, 0.29) is 10.8 Å². The summed E-state index contributed by atoms with van der Waals surface area (Å²) in [5, 5.41) is 5.20. The molecular weight excluding hydrogens is 951 g/mol. The Balaban J connectivity index is 1.08. The first kappa shape index (κ1) is 49.1. The van der Waals surface area contributed by atoms with Crippen LogP contribution in [-0.4, -0.2) is 0 Å². The van der Waals surface area contributed by atoms with Crippen molar-refractivity contribution in [2.24, 2.45) is 0 Å². The van der Waals surface area contributed by atoms with Crippen molar-refractivity contribution < 1.29 is 0 Å². The van der Waals surface area contributed by atoms with E-state index >= 15 is 0 Å². The number of para-hydroxylation sites is 1. The smallest absolute Gasteiger partial charge is 0.0726 e. The Morgan fingerprint density at radius 3 is 1.71 bits per heavy atom. The van der Waals surface area contributed by atoms with Gasteiger partial charge in [0, 0.05) is 23.4 Å². The van der Waals surface area contributed by atoms with Crippen LogP contribution in [0.15, 0.2) is 236 Å². The van der Waals surface area contributed by atoms with E-state index in [0.717, 1.165) is 5.69 Å². The van der Waals surface area contributed by atoms with Gasteiger partial charge in [-0.15, -0.1) is 0 Å². The van der Waals surface area contributed by atoms with E-state index in [4.69, 9.17) is 0 Å². The second-order valence-corrected chi connectivity index (χ2v) is 25.0. The third-order valence-electron chi connectivity index (χ3n) is 18.3. The third kappa shape index (κ3) is 8.10. The number of rotatable bonds is 7. The van der Waals surface area contributed by atoms with Crippen molar-refractivity contribution in [2.45, 2.75) is 102 Å². The molecule has 1 spiro atoms. The maximum absolute atomic E-state index is 2.67. The van der Waals surface area contributed by atoms with E-state index in [1.807, 2.05) is 0 Å². The van der Waals surface area contributed by atoms with Crippen LogP contribution in [-0.2, 0) is 16.2 Å². The average molecular weight is 1020 g/mol. The molecule has 10 aromatic rings. The van der Waals surface area contributed by atoms with Crippen LogP contribution in [0.25, 0.3) is 66.1 Å². The van der Waals surface area contributed by atoms with Crippen molar-refractivity contribution in [1.82, 2.24) is 0 Å². The molecule has 4 aliphatic rings. The Kier molecular flexibility index (Phi) is 11.8. The standard InChI is InChI=1S/C78H69N/c1-76(2,3)57-40-43-65-66-44-41-58(77(4,5)6)49-72(66)78(71(65)48-57)70-36-17-15-31-64(70)67-45-42-59(50-73(67)78)79(74-37-18-16-32-68(74)69-35-21-29-54-28-20-34-63(75(54)69)53-24-11-8-12-25-53)60-46-55(51-22-9-7-10-23-51)38-39-56(47-60)62-33-19-27-52-26-13-14-30-61(52)62/h7,9-10,13-23,26-45,47-50,53H,8,11-12,24-25,46H2,1-6H3. The molecule has 1 nitrogen and oxygen atoms in total. The highest BCUT2D eigenvalue weighted by Crippen LogP contribution is 2.64. The van der Waals surface area contributed by atoms with Gasteiger partial charge in [-0.1, -0.05) is 267 Å². The van der Waals surface area contributed by atoms with Crippen LogP contribution >= 0.6 is 0 Å². The number of benzene rings is 10. The monoisotopic (exact) mass is 1020 g/mol. The molecule has 0 unspecified atom stereocenters. The van der Waals surface area contributed by atoms with Gasteiger partial charge in [-0.25, -0.2) is 0 Å². The Bertz CT molecular complexity index is 4080. The fourth-order valence-corrected chi connectivity index (χ4v) is 14.3. The van der Waals surface area contributed by atoms with Gasteiger partial charge in [-0.05, 0) is 164 Å². The van der Waals surface area contributed by atoms with Gasteiger partial charge in [0.05, 0.1) is 11.1 Å². The highest BCUT2D eigenvalue weighted by Gasteiger charge is 2.52.